The molecule has 2 N–H and O–H groups in total. The van der Waals surface area contributed by atoms with Crippen molar-refractivity contribution < 1.29 is 4.39 Å². The van der Waals surface area contributed by atoms with E-state index in [-0.39, 0.29) is 5.82 Å². The highest BCUT2D eigenvalue weighted by Gasteiger charge is 1.99. The van der Waals surface area contributed by atoms with E-state index in [1.54, 1.807) is 23.9 Å². The first-order valence-electron chi connectivity index (χ1n) is 5.43. The van der Waals surface area contributed by atoms with Crippen LogP contribution in [0.5, 0.6) is 0 Å². The van der Waals surface area contributed by atoms with Crippen molar-refractivity contribution in [1.82, 2.24) is 0 Å². The van der Waals surface area contributed by atoms with Crippen molar-refractivity contribution in [2.24, 2.45) is 10.7 Å². The molecule has 2 nitrogen and oxygen atoms in total. The van der Waals surface area contributed by atoms with Crippen molar-refractivity contribution in [3.05, 3.63) is 59.9 Å². The quantitative estimate of drug-likeness (QED) is 0.520. The fraction of sp³-hybridized carbons (Fsp3) is 0.0714. The lowest BCUT2D eigenvalue weighted by atomic mass is 10.2. The van der Waals surface area contributed by atoms with Crippen LogP contribution in [-0.4, -0.2) is 12.1 Å². The van der Waals surface area contributed by atoms with Crippen LogP contribution in [0.4, 0.5) is 10.1 Å². The zero-order chi connectivity index (χ0) is 13.0. The lowest BCUT2D eigenvalue weighted by molar-refractivity contribution is 0.628. The third-order valence-corrected chi connectivity index (χ3v) is 3.21. The van der Waals surface area contributed by atoms with E-state index >= 15 is 0 Å². The minimum absolute atomic E-state index is 0.281. The van der Waals surface area contributed by atoms with Crippen molar-refractivity contribution in [1.29, 1.82) is 0 Å². The monoisotopic (exact) mass is 260 g/mol. The number of benzene rings is 2. The summed E-state index contributed by atoms with van der Waals surface area (Å²) < 4.78 is 12.7. The molecule has 2 aromatic carbocycles. The molecule has 18 heavy (non-hydrogen) atoms. The molecule has 2 rings (SSSR count). The summed E-state index contributed by atoms with van der Waals surface area (Å²) in [5, 5.41) is 0. The first-order valence-corrected chi connectivity index (χ1v) is 6.65. The summed E-state index contributed by atoms with van der Waals surface area (Å²) in [6.45, 7) is 0. The van der Waals surface area contributed by atoms with Gasteiger partial charge in [0.2, 0.25) is 0 Å². The first kappa shape index (κ1) is 12.6. The Kier molecular flexibility index (Phi) is 3.99. The molecule has 0 radical (unpaired) electrons. The predicted molar refractivity (Wildman–Crippen MR) is 75.0 cm³/mol. The van der Waals surface area contributed by atoms with E-state index in [1.807, 2.05) is 30.5 Å². The van der Waals surface area contributed by atoms with Crippen LogP contribution in [0.1, 0.15) is 5.56 Å². The second kappa shape index (κ2) is 5.69. The summed E-state index contributed by atoms with van der Waals surface area (Å²) in [4.78, 5) is 5.42. The topological polar surface area (TPSA) is 38.4 Å². The van der Waals surface area contributed by atoms with E-state index < -0.39 is 0 Å². The fourth-order valence-electron chi connectivity index (χ4n) is 1.48. The summed E-state index contributed by atoms with van der Waals surface area (Å²) >= 11 is 1.67. The van der Waals surface area contributed by atoms with Gasteiger partial charge < -0.3 is 5.73 Å². The van der Waals surface area contributed by atoms with Crippen molar-refractivity contribution in [3.8, 4) is 0 Å². The van der Waals surface area contributed by atoms with Crippen LogP contribution in [0.3, 0.4) is 0 Å². The van der Waals surface area contributed by atoms with E-state index in [1.165, 1.54) is 17.0 Å². The van der Waals surface area contributed by atoms with Gasteiger partial charge in [-0.15, -0.1) is 11.8 Å². The van der Waals surface area contributed by atoms with E-state index in [0.29, 0.717) is 11.5 Å². The summed E-state index contributed by atoms with van der Waals surface area (Å²) in [5.74, 6) is 0.145. The van der Waals surface area contributed by atoms with Crippen molar-refractivity contribution in [2.75, 3.05) is 6.26 Å². The van der Waals surface area contributed by atoms with Crippen LogP contribution in [0.25, 0.3) is 0 Å². The molecule has 0 amide bonds. The molecule has 0 saturated heterocycles. The minimum atomic E-state index is -0.281. The molecule has 0 aliphatic rings. The smallest absolute Gasteiger partial charge is 0.131 e. The molecule has 0 aliphatic carbocycles. The van der Waals surface area contributed by atoms with Crippen LogP contribution < -0.4 is 5.73 Å². The maximum Gasteiger partial charge on any atom is 0.131 e. The molecule has 0 bridgehead atoms. The SMILES string of the molecule is CSc1ccc(C(N)=Nc2ccc(F)cc2)cc1. The molecule has 0 atom stereocenters. The number of nitrogens with zero attached hydrogens (tertiary/aromatic N) is 1. The van der Waals surface area contributed by atoms with Gasteiger partial charge in [-0.3, -0.25) is 0 Å². The predicted octanol–water partition coefficient (Wildman–Crippen LogP) is 3.58. The van der Waals surface area contributed by atoms with E-state index in [2.05, 4.69) is 4.99 Å². The molecule has 0 fully saturated rings. The van der Waals surface area contributed by atoms with Crippen LogP contribution in [0.2, 0.25) is 0 Å². The standard InChI is InChI=1S/C14H13FN2S/c1-18-13-8-2-10(3-9-13)14(16)17-12-6-4-11(15)5-7-12/h2-9H,1H3,(H2,16,17). The van der Waals surface area contributed by atoms with Gasteiger partial charge in [-0.2, -0.15) is 0 Å². The van der Waals surface area contributed by atoms with Crippen molar-refractivity contribution >= 4 is 23.3 Å². The highest BCUT2D eigenvalue weighted by Crippen LogP contribution is 2.17. The molecule has 0 saturated carbocycles. The molecular formula is C14H13FN2S. The van der Waals surface area contributed by atoms with E-state index in [9.17, 15) is 4.39 Å². The zero-order valence-corrected chi connectivity index (χ0v) is 10.7. The third kappa shape index (κ3) is 3.11. The molecule has 0 spiro atoms. The Morgan fingerprint density at radius 3 is 2.22 bits per heavy atom. The van der Waals surface area contributed by atoms with Gasteiger partial charge in [0.05, 0.1) is 5.69 Å². The molecule has 0 unspecified atom stereocenters. The normalized spacial score (nSPS) is 11.6. The minimum Gasteiger partial charge on any atom is -0.383 e. The van der Waals surface area contributed by atoms with Gasteiger partial charge in [0.15, 0.2) is 0 Å². The second-order valence-electron chi connectivity index (χ2n) is 3.70. The Labute approximate surface area is 110 Å². The van der Waals surface area contributed by atoms with Crippen LogP contribution >= 0.6 is 11.8 Å². The number of rotatable bonds is 3. The summed E-state index contributed by atoms with van der Waals surface area (Å²) in [5.41, 5.74) is 7.41. The Morgan fingerprint density at radius 2 is 1.67 bits per heavy atom. The van der Waals surface area contributed by atoms with Gasteiger partial charge in [-0.05, 0) is 42.7 Å². The number of hydrogen-bond acceptors (Lipinski definition) is 2. The van der Waals surface area contributed by atoms with Gasteiger partial charge in [-0.1, -0.05) is 12.1 Å². The Bertz CT molecular complexity index is 547. The lowest BCUT2D eigenvalue weighted by Gasteiger charge is -2.02. The molecule has 0 heterocycles. The van der Waals surface area contributed by atoms with Gasteiger partial charge >= 0.3 is 0 Å². The largest absolute Gasteiger partial charge is 0.383 e. The van der Waals surface area contributed by atoms with E-state index in [0.717, 1.165) is 5.56 Å². The Balaban J connectivity index is 2.23. The number of amidine groups is 1. The average Bonchev–Trinajstić information content (AvgIpc) is 2.41. The Morgan fingerprint density at radius 1 is 1.06 bits per heavy atom. The Hall–Kier alpha value is -1.81. The molecule has 0 aromatic heterocycles. The van der Waals surface area contributed by atoms with Gasteiger partial charge in [0.25, 0.3) is 0 Å². The number of hydrogen-bond donors (Lipinski definition) is 1. The molecule has 2 aromatic rings. The van der Waals surface area contributed by atoms with Crippen LogP contribution in [0, 0.1) is 5.82 Å². The van der Waals surface area contributed by atoms with Crippen molar-refractivity contribution in [3.63, 3.8) is 0 Å². The maximum absolute atomic E-state index is 12.7. The second-order valence-corrected chi connectivity index (χ2v) is 4.58. The highest BCUT2D eigenvalue weighted by molar-refractivity contribution is 7.98. The van der Waals surface area contributed by atoms with Crippen LogP contribution in [-0.2, 0) is 0 Å². The number of aliphatic imine (C=N–C) groups is 1. The molecule has 92 valence electrons. The number of halogens is 1. The van der Waals surface area contributed by atoms with Gasteiger partial charge in [-0.25, -0.2) is 9.38 Å². The third-order valence-electron chi connectivity index (χ3n) is 2.46. The van der Waals surface area contributed by atoms with Gasteiger partial charge in [0.1, 0.15) is 11.7 Å². The van der Waals surface area contributed by atoms with E-state index in [4.69, 9.17) is 5.73 Å². The molecule has 4 heteroatoms. The first-order chi connectivity index (χ1) is 8.69. The summed E-state index contributed by atoms with van der Waals surface area (Å²) in [6.07, 6.45) is 2.02. The summed E-state index contributed by atoms with van der Waals surface area (Å²) in [6, 6.07) is 13.8. The lowest BCUT2D eigenvalue weighted by Crippen LogP contribution is -2.12. The zero-order valence-electron chi connectivity index (χ0n) is 9.93. The maximum atomic E-state index is 12.7. The average molecular weight is 260 g/mol. The fourth-order valence-corrected chi connectivity index (χ4v) is 1.89. The van der Waals surface area contributed by atoms with Gasteiger partial charge in [0, 0.05) is 10.5 Å². The van der Waals surface area contributed by atoms with Crippen molar-refractivity contribution in [2.45, 2.75) is 4.90 Å². The highest BCUT2D eigenvalue weighted by atomic mass is 32.2. The summed E-state index contributed by atoms with van der Waals surface area (Å²) in [7, 11) is 0. The number of nitrogens with two attached hydrogens (primary N) is 1. The van der Waals surface area contributed by atoms with Crippen LogP contribution in [0.15, 0.2) is 58.4 Å². The molecular weight excluding hydrogens is 247 g/mol. The molecule has 0 aliphatic heterocycles. The number of thioether (sulfide) groups is 1.